The van der Waals surface area contributed by atoms with Crippen LogP contribution in [0.3, 0.4) is 0 Å². The Morgan fingerprint density at radius 2 is 1.65 bits per heavy atom. The van der Waals surface area contributed by atoms with Gasteiger partial charge in [-0.15, -0.1) is 0 Å². The molecule has 0 fully saturated rings. The van der Waals surface area contributed by atoms with Crippen molar-refractivity contribution in [3.05, 3.63) is 69.4 Å². The first-order valence-corrected chi connectivity index (χ1v) is 12.1. The fraction of sp³-hybridized carbons (Fsp3) is 0.280. The predicted octanol–water partition coefficient (Wildman–Crippen LogP) is 5.66. The summed E-state index contributed by atoms with van der Waals surface area (Å²) in [6, 6.07) is 8.50. The van der Waals surface area contributed by atoms with Crippen LogP contribution in [-0.2, 0) is 4.74 Å². The lowest BCUT2D eigenvalue weighted by Gasteiger charge is -2.32. The highest BCUT2D eigenvalue weighted by Crippen LogP contribution is 2.33. The standard InChI is InChI=1S/C25H24Cl3N3O6/c1-25(2,3)37-23(33)30(4)11-9-20-29-10-12-31(20,24(34)35)16-5-7-17(8-6-16)36-22(32)21-18(27)13-15(26)14-19(21)28/h5-8,10,12-14H,9,11H2,1-4H3. The molecule has 0 aromatic heterocycles. The molecule has 1 heterocycles. The number of hydrogen-bond donors (Lipinski definition) is 0. The molecule has 12 heteroatoms. The van der Waals surface area contributed by atoms with E-state index in [1.54, 1.807) is 27.8 Å². The van der Waals surface area contributed by atoms with Crippen LogP contribution in [0.2, 0.25) is 15.1 Å². The Morgan fingerprint density at radius 3 is 2.19 bits per heavy atom. The summed E-state index contributed by atoms with van der Waals surface area (Å²) >= 11 is 18.0. The van der Waals surface area contributed by atoms with E-state index < -0.39 is 28.2 Å². The van der Waals surface area contributed by atoms with E-state index in [1.165, 1.54) is 53.7 Å². The van der Waals surface area contributed by atoms with Crippen molar-refractivity contribution < 1.29 is 29.0 Å². The van der Waals surface area contributed by atoms with Crippen molar-refractivity contribution in [2.75, 3.05) is 13.6 Å². The molecule has 2 aromatic carbocycles. The Balaban J connectivity index is 1.78. The van der Waals surface area contributed by atoms with Crippen molar-refractivity contribution in [2.45, 2.75) is 32.8 Å². The van der Waals surface area contributed by atoms with E-state index in [0.29, 0.717) is 0 Å². The van der Waals surface area contributed by atoms with Crippen LogP contribution in [0.1, 0.15) is 37.6 Å². The molecule has 9 nitrogen and oxygen atoms in total. The fourth-order valence-corrected chi connectivity index (χ4v) is 4.46. The minimum absolute atomic E-state index is 0.0278. The molecular formula is C25H24Cl3N3O6. The van der Waals surface area contributed by atoms with Gasteiger partial charge in [0.25, 0.3) is 6.09 Å². The van der Waals surface area contributed by atoms with Crippen molar-refractivity contribution in [2.24, 2.45) is 4.99 Å². The molecule has 37 heavy (non-hydrogen) atoms. The summed E-state index contributed by atoms with van der Waals surface area (Å²) < 4.78 is 9.87. The number of carbonyl (C=O) groups excluding carboxylic acids is 3. The molecule has 0 N–H and O–H groups in total. The molecule has 2 aromatic rings. The van der Waals surface area contributed by atoms with Gasteiger partial charge in [0.15, 0.2) is 0 Å². The molecule has 1 unspecified atom stereocenters. The third-order valence-electron chi connectivity index (χ3n) is 5.25. The molecule has 1 aliphatic heterocycles. The lowest BCUT2D eigenvalue weighted by Crippen LogP contribution is -2.59. The molecule has 1 aliphatic rings. The van der Waals surface area contributed by atoms with Crippen molar-refractivity contribution in [1.82, 2.24) is 9.38 Å². The van der Waals surface area contributed by atoms with Gasteiger partial charge in [-0.2, -0.15) is 4.48 Å². The van der Waals surface area contributed by atoms with E-state index in [1.807, 2.05) is 0 Å². The Bertz CT molecular complexity index is 1260. The van der Waals surface area contributed by atoms with Gasteiger partial charge in [0.1, 0.15) is 23.2 Å². The molecule has 3 rings (SSSR count). The first kappa shape index (κ1) is 28.5. The number of benzene rings is 2. The van der Waals surface area contributed by atoms with E-state index in [2.05, 4.69) is 4.99 Å². The normalized spacial score (nSPS) is 16.8. The van der Waals surface area contributed by atoms with E-state index in [4.69, 9.17) is 44.3 Å². The average molecular weight is 569 g/mol. The second kappa shape index (κ2) is 11.1. The number of hydrogen-bond acceptors (Lipinski definition) is 7. The number of amidine groups is 1. The first-order chi connectivity index (χ1) is 17.2. The van der Waals surface area contributed by atoms with Crippen molar-refractivity contribution in [3.8, 4) is 5.75 Å². The van der Waals surface area contributed by atoms with Gasteiger partial charge in [0, 0.05) is 30.7 Å². The Kier molecular flexibility index (Phi) is 8.54. The zero-order chi connectivity index (χ0) is 27.5. The zero-order valence-corrected chi connectivity index (χ0v) is 22.7. The number of aliphatic imine (C=N–C) groups is 1. The largest absolute Gasteiger partial charge is 0.497 e. The number of amides is 2. The first-order valence-electron chi connectivity index (χ1n) is 11.0. The molecule has 2 amide bonds. The quantitative estimate of drug-likeness (QED) is 0.253. The predicted molar refractivity (Wildman–Crippen MR) is 140 cm³/mol. The number of carbonyl (C=O) groups is 3. The van der Waals surface area contributed by atoms with Crippen LogP contribution in [0, 0.1) is 0 Å². The molecule has 1 atom stereocenters. The number of esters is 1. The van der Waals surface area contributed by atoms with Crippen LogP contribution in [0.25, 0.3) is 0 Å². The molecule has 0 radical (unpaired) electrons. The summed E-state index contributed by atoms with van der Waals surface area (Å²) in [6.45, 7) is 5.41. The number of ether oxygens (including phenoxy) is 2. The Morgan fingerprint density at radius 1 is 1.05 bits per heavy atom. The number of quaternary nitrogens is 1. The molecule has 0 spiro atoms. The molecule has 0 bridgehead atoms. The third kappa shape index (κ3) is 6.42. The van der Waals surface area contributed by atoms with Crippen LogP contribution in [0.4, 0.5) is 15.3 Å². The fourth-order valence-electron chi connectivity index (χ4n) is 3.49. The van der Waals surface area contributed by atoms with E-state index >= 15 is 0 Å². The van der Waals surface area contributed by atoms with Crippen molar-refractivity contribution >= 4 is 64.5 Å². The molecule has 196 valence electrons. The Hall–Kier alpha value is -3.11. The number of halogens is 3. The number of carboxylic acid groups (broad SMARTS) is 1. The van der Waals surface area contributed by atoms with E-state index in [-0.39, 0.29) is 50.9 Å². The summed E-state index contributed by atoms with van der Waals surface area (Å²) in [6.07, 6.45) is 0.847. The SMILES string of the molecule is CN(CCC1=NC=C[N+]1(C(=O)[O-])c1ccc(OC(=O)c2c(Cl)cc(Cl)cc2Cl)cc1)C(=O)OC(C)(C)C. The monoisotopic (exact) mass is 567 g/mol. The summed E-state index contributed by atoms with van der Waals surface area (Å²) in [7, 11) is 1.55. The third-order valence-corrected chi connectivity index (χ3v) is 6.06. The van der Waals surface area contributed by atoms with E-state index in [0.717, 1.165) is 0 Å². The average Bonchev–Trinajstić information content (AvgIpc) is 3.21. The second-order valence-corrected chi connectivity index (χ2v) is 10.4. The minimum Gasteiger partial charge on any atom is -0.497 e. The van der Waals surface area contributed by atoms with Crippen LogP contribution >= 0.6 is 34.8 Å². The van der Waals surface area contributed by atoms with Gasteiger partial charge in [0.2, 0.25) is 5.84 Å². The summed E-state index contributed by atoms with van der Waals surface area (Å²) in [5.74, 6) is -0.463. The van der Waals surface area contributed by atoms with Crippen molar-refractivity contribution in [3.63, 3.8) is 0 Å². The van der Waals surface area contributed by atoms with Gasteiger partial charge < -0.3 is 24.3 Å². The van der Waals surface area contributed by atoms with Gasteiger partial charge >= 0.3 is 12.1 Å². The second-order valence-electron chi connectivity index (χ2n) is 9.11. The van der Waals surface area contributed by atoms with Crippen molar-refractivity contribution in [1.29, 1.82) is 0 Å². The lowest BCUT2D eigenvalue weighted by molar-refractivity contribution is -0.257. The maximum Gasteiger partial charge on any atom is 0.410 e. The molecular weight excluding hydrogens is 545 g/mol. The molecule has 0 aliphatic carbocycles. The minimum atomic E-state index is -1.45. The highest BCUT2D eigenvalue weighted by Gasteiger charge is 2.41. The molecule has 0 saturated heterocycles. The highest BCUT2D eigenvalue weighted by molar-refractivity contribution is 6.41. The van der Waals surface area contributed by atoms with Crippen LogP contribution in [0.15, 0.2) is 53.8 Å². The van der Waals surface area contributed by atoms with Crippen LogP contribution in [0.5, 0.6) is 5.75 Å². The van der Waals surface area contributed by atoms with Crippen LogP contribution in [-0.4, -0.2) is 48.1 Å². The van der Waals surface area contributed by atoms with Gasteiger partial charge in [-0.25, -0.2) is 14.6 Å². The number of nitrogens with zero attached hydrogens (tertiary/aromatic N) is 3. The van der Waals surface area contributed by atoms with E-state index in [9.17, 15) is 19.5 Å². The maximum absolute atomic E-state index is 12.6. The number of rotatable bonds is 6. The summed E-state index contributed by atoms with van der Waals surface area (Å²) in [4.78, 5) is 42.8. The van der Waals surface area contributed by atoms with Gasteiger partial charge in [0.05, 0.1) is 28.2 Å². The Labute approximate surface area is 229 Å². The van der Waals surface area contributed by atoms with Gasteiger partial charge in [-0.05, 0) is 45.0 Å². The van der Waals surface area contributed by atoms with Crippen LogP contribution < -0.4 is 14.3 Å². The van der Waals surface area contributed by atoms with Gasteiger partial charge in [-0.1, -0.05) is 34.8 Å². The lowest BCUT2D eigenvalue weighted by atomic mass is 10.2. The zero-order valence-electron chi connectivity index (χ0n) is 20.5. The van der Waals surface area contributed by atoms with Gasteiger partial charge in [-0.3, -0.25) is 0 Å². The topological polar surface area (TPSA) is 108 Å². The summed E-state index contributed by atoms with van der Waals surface area (Å²) in [5.41, 5.74) is -0.450. The highest BCUT2D eigenvalue weighted by atomic mass is 35.5. The maximum atomic E-state index is 12.6. The molecule has 0 saturated carbocycles. The smallest absolute Gasteiger partial charge is 0.410 e. The summed E-state index contributed by atoms with van der Waals surface area (Å²) in [5, 5.41) is 12.7.